The normalized spacial score (nSPS) is 17.5. The van der Waals surface area contributed by atoms with Gasteiger partial charge in [-0.25, -0.2) is 0 Å². The number of hydrogen-bond acceptors (Lipinski definition) is 12. The summed E-state index contributed by atoms with van der Waals surface area (Å²) >= 11 is 0.896. The van der Waals surface area contributed by atoms with Crippen molar-refractivity contribution < 1.29 is 63.1 Å². The number of likely N-dealkylation sites (tertiary alicyclic amines) is 1. The topological polar surface area (TPSA) is 281 Å². The van der Waals surface area contributed by atoms with Crippen molar-refractivity contribution in [2.45, 2.75) is 55.9 Å². The molecule has 5 amide bonds. The van der Waals surface area contributed by atoms with E-state index in [1.54, 1.807) is 0 Å². The Morgan fingerprint density at radius 1 is 0.932 bits per heavy atom. The van der Waals surface area contributed by atoms with Gasteiger partial charge in [0.25, 0.3) is 0 Å². The first-order valence-corrected chi connectivity index (χ1v) is 14.5. The fourth-order valence-corrected chi connectivity index (χ4v) is 4.88. The summed E-state index contributed by atoms with van der Waals surface area (Å²) in [5.41, 5.74) is 5.39. The Kier molecular flexibility index (Phi) is 16.9. The number of rotatable bonds is 23. The highest BCUT2D eigenvalue weighted by molar-refractivity contribution is 8.01. The van der Waals surface area contributed by atoms with E-state index >= 15 is 0 Å². The van der Waals surface area contributed by atoms with Crippen molar-refractivity contribution in [1.29, 1.82) is 0 Å². The van der Waals surface area contributed by atoms with Gasteiger partial charge in [0.2, 0.25) is 29.5 Å². The minimum absolute atomic E-state index is 0.0615. The maximum atomic E-state index is 13.1. The fourth-order valence-electron chi connectivity index (χ4n) is 3.66. The Balaban J connectivity index is 2.58. The van der Waals surface area contributed by atoms with Crippen LogP contribution in [0.3, 0.4) is 0 Å². The number of nitrogens with one attached hydrogen (secondary N) is 3. The second-order valence-electron chi connectivity index (χ2n) is 9.75. The summed E-state index contributed by atoms with van der Waals surface area (Å²) in [7, 11) is 0. The third-order valence-electron chi connectivity index (χ3n) is 6.08. The maximum absolute atomic E-state index is 13.1. The minimum Gasteiger partial charge on any atom is -0.481 e. The van der Waals surface area contributed by atoms with Gasteiger partial charge in [-0.15, -0.1) is 11.8 Å². The molecule has 0 bridgehead atoms. The summed E-state index contributed by atoms with van der Waals surface area (Å²) in [6.07, 6.45) is -1.09. The second kappa shape index (κ2) is 19.5. The lowest BCUT2D eigenvalue weighted by Gasteiger charge is -2.25. The summed E-state index contributed by atoms with van der Waals surface area (Å²) in [5.74, 6) is -7.01. The van der Waals surface area contributed by atoms with Gasteiger partial charge in [-0.2, -0.15) is 0 Å². The van der Waals surface area contributed by atoms with Crippen molar-refractivity contribution in [1.82, 2.24) is 20.9 Å². The van der Waals surface area contributed by atoms with Crippen LogP contribution in [0.25, 0.3) is 0 Å². The molecule has 0 aliphatic carbocycles. The van der Waals surface area contributed by atoms with Gasteiger partial charge in [0.15, 0.2) is 0 Å². The first-order valence-electron chi connectivity index (χ1n) is 13.6. The van der Waals surface area contributed by atoms with E-state index in [0.717, 1.165) is 16.7 Å². The Morgan fingerprint density at radius 2 is 1.59 bits per heavy atom. The van der Waals surface area contributed by atoms with Crippen LogP contribution in [-0.4, -0.2) is 136 Å². The van der Waals surface area contributed by atoms with Crippen LogP contribution in [0.4, 0.5) is 0 Å². The third kappa shape index (κ3) is 14.6. The molecule has 0 aromatic rings. The summed E-state index contributed by atoms with van der Waals surface area (Å²) in [6.45, 7) is 1.32. The van der Waals surface area contributed by atoms with E-state index in [0.29, 0.717) is 0 Å². The molecule has 0 saturated carbocycles. The lowest BCUT2D eigenvalue weighted by molar-refractivity contribution is -0.140. The SMILES string of the molecule is CC1(SCC(NC(=O)CCC(N)C(=O)O)C(=O)NCC(=O)O)CC(=O)N(CCC(=O)NCCOCCOCCC(=O)O)C1=O. The Morgan fingerprint density at radius 3 is 2.20 bits per heavy atom. The van der Waals surface area contributed by atoms with Crippen molar-refractivity contribution in [2.75, 3.05) is 51.8 Å². The molecule has 1 rings (SSSR count). The average molecular weight is 650 g/mol. The molecule has 0 radical (unpaired) electrons. The Labute approximate surface area is 256 Å². The number of aliphatic carboxylic acids is 3. The van der Waals surface area contributed by atoms with Gasteiger partial charge in [-0.3, -0.25) is 43.3 Å². The third-order valence-corrected chi connectivity index (χ3v) is 7.54. The molecule has 1 heterocycles. The quantitative estimate of drug-likeness (QED) is 0.0433. The van der Waals surface area contributed by atoms with Crippen molar-refractivity contribution in [3.63, 3.8) is 0 Å². The minimum atomic E-state index is -1.34. The molecule has 0 aromatic carbocycles. The number of carboxylic acid groups (broad SMARTS) is 3. The van der Waals surface area contributed by atoms with Gasteiger partial charge in [-0.05, 0) is 13.3 Å². The molecule has 1 fully saturated rings. The van der Waals surface area contributed by atoms with Crippen LogP contribution in [0.2, 0.25) is 0 Å². The zero-order chi connectivity index (χ0) is 33.3. The molecule has 3 unspecified atom stereocenters. The summed E-state index contributed by atoms with van der Waals surface area (Å²) in [6, 6.07) is -2.62. The molecule has 18 nitrogen and oxygen atoms in total. The fraction of sp³-hybridized carbons (Fsp3) is 0.680. The smallest absolute Gasteiger partial charge is 0.322 e. The molecule has 44 heavy (non-hydrogen) atoms. The van der Waals surface area contributed by atoms with Crippen LogP contribution >= 0.6 is 11.8 Å². The van der Waals surface area contributed by atoms with Gasteiger partial charge < -0.3 is 46.5 Å². The van der Waals surface area contributed by atoms with E-state index in [1.807, 2.05) is 0 Å². The summed E-state index contributed by atoms with van der Waals surface area (Å²) in [4.78, 5) is 95.9. The van der Waals surface area contributed by atoms with Crippen molar-refractivity contribution in [3.8, 4) is 0 Å². The van der Waals surface area contributed by atoms with E-state index in [4.69, 9.17) is 30.5 Å². The second-order valence-corrected chi connectivity index (χ2v) is 11.3. The number of nitrogens with two attached hydrogens (primary N) is 1. The van der Waals surface area contributed by atoms with E-state index in [9.17, 15) is 38.4 Å². The average Bonchev–Trinajstić information content (AvgIpc) is 3.16. The number of amides is 5. The van der Waals surface area contributed by atoms with Crippen molar-refractivity contribution in [2.24, 2.45) is 5.73 Å². The molecule has 1 saturated heterocycles. The van der Waals surface area contributed by atoms with Crippen LogP contribution in [-0.2, 0) is 47.8 Å². The molecule has 8 N–H and O–H groups in total. The highest BCUT2D eigenvalue weighted by Crippen LogP contribution is 2.37. The standard InChI is InChI=1S/C25H39N5O13S/c1-25(44-14-16(22(38)28-13-21(36)37)29-18(32)3-2-15(26)23(39)40)12-19(33)30(24(25)41)7-4-17(31)27-6-9-43-11-10-42-8-5-20(34)35/h15-16H,2-14,26H2,1H3,(H,27,31)(H,28,38)(H,29,32)(H,34,35)(H,36,37)(H,39,40). The largest absolute Gasteiger partial charge is 0.481 e. The zero-order valence-electron chi connectivity index (χ0n) is 24.2. The lowest BCUT2D eigenvalue weighted by atomic mass is 10.1. The van der Waals surface area contributed by atoms with Gasteiger partial charge in [0, 0.05) is 31.7 Å². The predicted molar refractivity (Wildman–Crippen MR) is 151 cm³/mol. The van der Waals surface area contributed by atoms with Gasteiger partial charge in [0.1, 0.15) is 23.4 Å². The molecule has 19 heteroatoms. The summed E-state index contributed by atoms with van der Waals surface area (Å²) < 4.78 is 8.98. The number of nitrogens with zero attached hydrogens (tertiary/aromatic N) is 1. The molecule has 0 spiro atoms. The van der Waals surface area contributed by atoms with Gasteiger partial charge in [-0.1, -0.05) is 0 Å². The number of carboxylic acids is 3. The number of hydrogen-bond donors (Lipinski definition) is 7. The molecule has 3 atom stereocenters. The molecule has 248 valence electrons. The van der Waals surface area contributed by atoms with Crippen LogP contribution in [0.5, 0.6) is 0 Å². The van der Waals surface area contributed by atoms with E-state index in [-0.39, 0.29) is 77.4 Å². The zero-order valence-corrected chi connectivity index (χ0v) is 25.0. The molecule has 0 aromatic heterocycles. The van der Waals surface area contributed by atoms with Crippen LogP contribution in [0.1, 0.15) is 39.0 Å². The van der Waals surface area contributed by atoms with Crippen molar-refractivity contribution in [3.05, 3.63) is 0 Å². The number of ether oxygens (including phenoxy) is 2. The van der Waals surface area contributed by atoms with E-state index in [1.165, 1.54) is 6.92 Å². The number of thioether (sulfide) groups is 1. The number of imide groups is 1. The van der Waals surface area contributed by atoms with Gasteiger partial charge in [0.05, 0.1) is 39.3 Å². The van der Waals surface area contributed by atoms with Crippen molar-refractivity contribution >= 4 is 59.2 Å². The van der Waals surface area contributed by atoms with E-state index in [2.05, 4.69) is 16.0 Å². The highest BCUT2D eigenvalue weighted by Gasteiger charge is 2.49. The predicted octanol–water partition coefficient (Wildman–Crippen LogP) is -2.87. The van der Waals surface area contributed by atoms with Crippen LogP contribution in [0, 0.1) is 0 Å². The maximum Gasteiger partial charge on any atom is 0.322 e. The van der Waals surface area contributed by atoms with Gasteiger partial charge >= 0.3 is 17.9 Å². The molecule has 1 aliphatic rings. The first kappa shape index (κ1) is 38.2. The Hall–Kier alpha value is -3.81. The summed E-state index contributed by atoms with van der Waals surface area (Å²) in [5, 5.41) is 33.3. The molecular formula is C25H39N5O13S. The first-order chi connectivity index (χ1) is 20.7. The van der Waals surface area contributed by atoms with Crippen LogP contribution in [0.15, 0.2) is 0 Å². The number of carbonyl (C=O) groups is 8. The molecule has 1 aliphatic heterocycles. The highest BCUT2D eigenvalue weighted by atomic mass is 32.2. The number of carbonyl (C=O) groups excluding carboxylic acids is 5. The monoisotopic (exact) mass is 649 g/mol. The van der Waals surface area contributed by atoms with E-state index < -0.39 is 70.8 Å². The lowest BCUT2D eigenvalue weighted by Crippen LogP contribution is -2.50. The molecular weight excluding hydrogens is 610 g/mol. The van der Waals surface area contributed by atoms with Crippen LogP contribution < -0.4 is 21.7 Å². The Bertz CT molecular complexity index is 1080.